The van der Waals surface area contributed by atoms with Crippen molar-refractivity contribution in [2.45, 2.75) is 53.6 Å². The van der Waals surface area contributed by atoms with Gasteiger partial charge in [-0.1, -0.05) is 44.2 Å². The lowest BCUT2D eigenvalue weighted by atomic mass is 9.99. The van der Waals surface area contributed by atoms with E-state index >= 15 is 0 Å². The summed E-state index contributed by atoms with van der Waals surface area (Å²) in [5.74, 6) is -0.0292. The van der Waals surface area contributed by atoms with Crippen LogP contribution in [0.5, 0.6) is 0 Å². The van der Waals surface area contributed by atoms with Crippen molar-refractivity contribution < 1.29 is 4.39 Å². The van der Waals surface area contributed by atoms with Crippen molar-refractivity contribution in [2.75, 3.05) is 4.90 Å². The van der Waals surface area contributed by atoms with Crippen LogP contribution in [-0.2, 0) is 13.1 Å². The Morgan fingerprint density at radius 3 is 2.26 bits per heavy atom. The molecule has 0 radical (unpaired) electrons. The predicted molar refractivity (Wildman–Crippen MR) is 138 cm³/mol. The number of aromatic nitrogens is 2. The fourth-order valence-electron chi connectivity index (χ4n) is 5.15. The van der Waals surface area contributed by atoms with E-state index in [-0.39, 0.29) is 11.7 Å². The van der Waals surface area contributed by atoms with Crippen molar-refractivity contribution in [3.8, 4) is 23.0 Å². The highest BCUT2D eigenvalue weighted by Crippen LogP contribution is 2.39. The van der Waals surface area contributed by atoms with Crippen LogP contribution in [0.4, 0.5) is 10.1 Å². The van der Waals surface area contributed by atoms with Gasteiger partial charge < -0.3 is 4.90 Å². The van der Waals surface area contributed by atoms with Crippen molar-refractivity contribution in [3.05, 3.63) is 99.5 Å². The Morgan fingerprint density at radius 2 is 1.63 bits per heavy atom. The quantitative estimate of drug-likeness (QED) is 0.323. The van der Waals surface area contributed by atoms with Crippen LogP contribution in [0.2, 0.25) is 0 Å². The van der Waals surface area contributed by atoms with Crippen LogP contribution in [0.3, 0.4) is 0 Å². The lowest BCUT2D eigenvalue weighted by molar-refractivity contribution is 0.596. The molecule has 0 spiro atoms. The van der Waals surface area contributed by atoms with Crippen LogP contribution in [0.1, 0.15) is 58.8 Å². The highest BCUT2D eigenvalue weighted by molar-refractivity contribution is 5.72. The zero-order valence-electron chi connectivity index (χ0n) is 20.9. The third-order valence-corrected chi connectivity index (χ3v) is 6.97. The third kappa shape index (κ3) is 3.89. The Hall–Kier alpha value is -3.91. The summed E-state index contributed by atoms with van der Waals surface area (Å²) >= 11 is 0. The molecule has 5 rings (SSSR count). The molecule has 35 heavy (non-hydrogen) atoms. The van der Waals surface area contributed by atoms with Gasteiger partial charge in [0.15, 0.2) is 0 Å². The SMILES string of the molecule is Cc1cc(F)c(C(C)C)cc1N1Cc2nn(-c3c(C)cccc3C)c(-c3ccc(C#N)cc3)c2C1. The molecular weight excluding hydrogens is 435 g/mol. The van der Waals surface area contributed by atoms with Gasteiger partial charge in [-0.05, 0) is 73.2 Å². The molecule has 2 heterocycles. The molecule has 0 amide bonds. The normalized spacial score (nSPS) is 12.8. The van der Waals surface area contributed by atoms with Crippen LogP contribution < -0.4 is 4.90 Å². The van der Waals surface area contributed by atoms with E-state index < -0.39 is 0 Å². The van der Waals surface area contributed by atoms with Crippen LogP contribution in [0.15, 0.2) is 54.6 Å². The first kappa shape index (κ1) is 22.9. The minimum atomic E-state index is -0.142. The molecule has 0 fully saturated rings. The highest BCUT2D eigenvalue weighted by atomic mass is 19.1. The standard InChI is InChI=1S/C30H29FN4/c1-18(2)24-14-28(21(5)13-26(24)31)34-16-25-27(17-34)33-35(29-19(3)7-6-8-20(29)4)30(25)23-11-9-22(15-32)10-12-23/h6-14,18H,16-17H2,1-5H3. The number of anilines is 1. The molecule has 0 saturated heterocycles. The summed E-state index contributed by atoms with van der Waals surface area (Å²) in [6.45, 7) is 11.6. The number of hydrogen-bond donors (Lipinski definition) is 0. The zero-order chi connectivity index (χ0) is 24.9. The Labute approximate surface area is 206 Å². The summed E-state index contributed by atoms with van der Waals surface area (Å²) in [6, 6.07) is 19.9. The minimum Gasteiger partial charge on any atom is -0.361 e. The van der Waals surface area contributed by atoms with Crippen molar-refractivity contribution in [1.82, 2.24) is 9.78 Å². The van der Waals surface area contributed by atoms with Crippen LogP contribution in [0.25, 0.3) is 16.9 Å². The van der Waals surface area contributed by atoms with E-state index in [1.54, 1.807) is 6.07 Å². The van der Waals surface area contributed by atoms with Gasteiger partial charge in [0, 0.05) is 23.4 Å². The molecule has 5 heteroatoms. The van der Waals surface area contributed by atoms with Gasteiger partial charge in [0.1, 0.15) is 5.82 Å². The fourth-order valence-corrected chi connectivity index (χ4v) is 5.15. The molecule has 1 aliphatic heterocycles. The van der Waals surface area contributed by atoms with E-state index in [9.17, 15) is 9.65 Å². The lowest BCUT2D eigenvalue weighted by Gasteiger charge is -2.23. The van der Waals surface area contributed by atoms with Crippen LogP contribution in [0, 0.1) is 37.9 Å². The lowest BCUT2D eigenvalue weighted by Crippen LogP contribution is -2.18. The molecule has 1 aromatic heterocycles. The van der Waals surface area contributed by atoms with E-state index in [2.05, 4.69) is 47.7 Å². The van der Waals surface area contributed by atoms with Gasteiger partial charge in [-0.3, -0.25) is 0 Å². The number of para-hydroxylation sites is 1. The average molecular weight is 465 g/mol. The Balaban J connectivity index is 1.65. The molecule has 0 bridgehead atoms. The smallest absolute Gasteiger partial charge is 0.127 e. The summed E-state index contributed by atoms with van der Waals surface area (Å²) < 4.78 is 16.7. The molecular formula is C30H29FN4. The predicted octanol–water partition coefficient (Wildman–Crippen LogP) is 7.12. The minimum absolute atomic E-state index is 0.113. The Kier molecular flexibility index (Phi) is 5.68. The number of nitrogens with zero attached hydrogens (tertiary/aromatic N) is 4. The summed E-state index contributed by atoms with van der Waals surface area (Å²) in [4.78, 5) is 2.29. The first-order valence-corrected chi connectivity index (χ1v) is 12.0. The number of hydrogen-bond acceptors (Lipinski definition) is 3. The topological polar surface area (TPSA) is 44.9 Å². The second-order valence-corrected chi connectivity index (χ2v) is 9.79. The van der Waals surface area contributed by atoms with E-state index in [0.717, 1.165) is 50.6 Å². The number of aryl methyl sites for hydroxylation is 3. The van der Waals surface area contributed by atoms with Crippen molar-refractivity contribution in [1.29, 1.82) is 5.26 Å². The Bertz CT molecular complexity index is 1450. The fraction of sp³-hybridized carbons (Fsp3) is 0.267. The van der Waals surface area contributed by atoms with E-state index in [1.165, 1.54) is 5.56 Å². The highest BCUT2D eigenvalue weighted by Gasteiger charge is 2.30. The maximum Gasteiger partial charge on any atom is 0.127 e. The maximum absolute atomic E-state index is 14.6. The van der Waals surface area contributed by atoms with Crippen molar-refractivity contribution in [3.63, 3.8) is 0 Å². The number of nitriles is 1. The molecule has 0 N–H and O–H groups in total. The molecule has 0 aliphatic carbocycles. The summed E-state index contributed by atoms with van der Waals surface area (Å²) in [5, 5.41) is 14.4. The van der Waals surface area contributed by atoms with Gasteiger partial charge in [0.05, 0.1) is 35.3 Å². The Morgan fingerprint density at radius 1 is 0.943 bits per heavy atom. The van der Waals surface area contributed by atoms with Crippen LogP contribution >= 0.6 is 0 Å². The summed E-state index contributed by atoms with van der Waals surface area (Å²) in [5.41, 5.74) is 11.0. The van der Waals surface area contributed by atoms with E-state index in [4.69, 9.17) is 5.10 Å². The number of rotatable bonds is 4. The molecule has 4 nitrogen and oxygen atoms in total. The third-order valence-electron chi connectivity index (χ3n) is 6.97. The van der Waals surface area contributed by atoms with Crippen molar-refractivity contribution >= 4 is 5.69 Å². The molecule has 4 aromatic rings. The molecule has 176 valence electrons. The van der Waals surface area contributed by atoms with Crippen LogP contribution in [-0.4, -0.2) is 9.78 Å². The number of benzene rings is 3. The summed E-state index contributed by atoms with van der Waals surface area (Å²) in [6.07, 6.45) is 0. The number of fused-ring (bicyclic) bond motifs is 1. The van der Waals surface area contributed by atoms with Gasteiger partial charge in [-0.15, -0.1) is 0 Å². The van der Waals surface area contributed by atoms with Gasteiger partial charge in [0.2, 0.25) is 0 Å². The summed E-state index contributed by atoms with van der Waals surface area (Å²) in [7, 11) is 0. The first-order valence-electron chi connectivity index (χ1n) is 12.0. The average Bonchev–Trinajstić information content (AvgIpc) is 3.37. The largest absolute Gasteiger partial charge is 0.361 e. The zero-order valence-corrected chi connectivity index (χ0v) is 20.9. The molecule has 1 aliphatic rings. The molecule has 0 saturated carbocycles. The van der Waals surface area contributed by atoms with Gasteiger partial charge in [-0.2, -0.15) is 10.4 Å². The first-order chi connectivity index (χ1) is 16.8. The molecule has 3 aromatic carbocycles. The van der Waals surface area contributed by atoms with Crippen molar-refractivity contribution in [2.24, 2.45) is 0 Å². The van der Waals surface area contributed by atoms with Gasteiger partial charge in [0.25, 0.3) is 0 Å². The van der Waals surface area contributed by atoms with Gasteiger partial charge >= 0.3 is 0 Å². The van der Waals surface area contributed by atoms with E-state index in [0.29, 0.717) is 18.7 Å². The second-order valence-electron chi connectivity index (χ2n) is 9.79. The molecule has 0 unspecified atom stereocenters. The number of halogens is 1. The molecule has 0 atom stereocenters. The second kappa shape index (κ2) is 8.70. The monoisotopic (exact) mass is 464 g/mol. The van der Waals surface area contributed by atoms with Gasteiger partial charge in [-0.25, -0.2) is 9.07 Å². The van der Waals surface area contributed by atoms with E-state index in [1.807, 2.05) is 51.1 Å². The maximum atomic E-state index is 14.6.